The zero-order chi connectivity index (χ0) is 20.2. The van der Waals surface area contributed by atoms with Gasteiger partial charge in [-0.05, 0) is 50.8 Å². The van der Waals surface area contributed by atoms with Gasteiger partial charge in [-0.3, -0.25) is 4.79 Å². The molecule has 2 rings (SSSR count). The van der Waals surface area contributed by atoms with Crippen LogP contribution in [0.1, 0.15) is 45.1 Å². The van der Waals surface area contributed by atoms with E-state index in [0.29, 0.717) is 19.6 Å². The summed E-state index contributed by atoms with van der Waals surface area (Å²) in [5.41, 5.74) is 2.51. The first kappa shape index (κ1) is 21.7. The van der Waals surface area contributed by atoms with Crippen molar-refractivity contribution in [1.29, 1.82) is 0 Å². The number of carbonyl (C=O) groups excluding carboxylic acids is 2. The summed E-state index contributed by atoms with van der Waals surface area (Å²) in [6.07, 6.45) is 8.41. The second-order valence-electron chi connectivity index (χ2n) is 6.85. The number of hydrogen-bond donors (Lipinski definition) is 0. The summed E-state index contributed by atoms with van der Waals surface area (Å²) in [5.74, 6) is -0.257. The highest BCUT2D eigenvalue weighted by Crippen LogP contribution is 2.30. The van der Waals surface area contributed by atoms with E-state index < -0.39 is 0 Å². The fourth-order valence-corrected chi connectivity index (χ4v) is 3.40. The molecule has 1 atom stereocenters. The summed E-state index contributed by atoms with van der Waals surface area (Å²) >= 11 is 0. The van der Waals surface area contributed by atoms with Crippen LogP contribution in [0, 0.1) is 5.92 Å². The Morgan fingerprint density at radius 3 is 2.61 bits per heavy atom. The Morgan fingerprint density at radius 1 is 1.14 bits per heavy atom. The molecule has 5 heteroatoms. The van der Waals surface area contributed by atoms with Crippen LogP contribution in [-0.2, 0) is 25.6 Å². The standard InChI is InChI=1S/C23H31NO4/c1-3-27-22(25)13-9-8-12-21-18-24(17-19-10-6-5-7-11-19)15-14-20(21)16-23(26)28-4-2/h5-7,9-11,13,18,20H,3-4,8,12,14-17H2,1-2H3/b13-9+. The van der Waals surface area contributed by atoms with Crippen LogP contribution >= 0.6 is 0 Å². The average molecular weight is 386 g/mol. The third kappa shape index (κ3) is 7.59. The maximum atomic E-state index is 12.0. The van der Waals surface area contributed by atoms with Gasteiger partial charge in [-0.1, -0.05) is 42.0 Å². The molecule has 0 spiro atoms. The van der Waals surface area contributed by atoms with Crippen LogP contribution in [-0.4, -0.2) is 36.6 Å². The van der Waals surface area contributed by atoms with Gasteiger partial charge in [-0.15, -0.1) is 0 Å². The number of benzene rings is 1. The predicted octanol–water partition coefficient (Wildman–Crippen LogP) is 4.25. The molecule has 0 radical (unpaired) electrons. The molecular formula is C23H31NO4. The van der Waals surface area contributed by atoms with Crippen molar-refractivity contribution in [2.75, 3.05) is 19.8 Å². The van der Waals surface area contributed by atoms with E-state index in [0.717, 1.165) is 32.4 Å². The number of ether oxygens (including phenoxy) is 2. The van der Waals surface area contributed by atoms with Gasteiger partial charge in [-0.25, -0.2) is 4.79 Å². The summed E-state index contributed by atoms with van der Waals surface area (Å²) in [4.78, 5) is 25.7. The highest BCUT2D eigenvalue weighted by Gasteiger charge is 2.24. The molecule has 1 aromatic rings. The topological polar surface area (TPSA) is 55.8 Å². The van der Waals surface area contributed by atoms with Crippen LogP contribution in [0.3, 0.4) is 0 Å². The third-order valence-electron chi connectivity index (χ3n) is 4.72. The number of esters is 2. The molecule has 0 bridgehead atoms. The van der Waals surface area contributed by atoms with Crippen LogP contribution in [0.2, 0.25) is 0 Å². The Hall–Kier alpha value is -2.56. The average Bonchev–Trinajstić information content (AvgIpc) is 2.68. The lowest BCUT2D eigenvalue weighted by atomic mass is 9.87. The number of carbonyl (C=O) groups is 2. The molecule has 1 aliphatic heterocycles. The molecule has 0 aromatic heterocycles. The summed E-state index contributed by atoms with van der Waals surface area (Å²) in [6, 6.07) is 10.4. The summed E-state index contributed by atoms with van der Waals surface area (Å²) in [7, 11) is 0. The van der Waals surface area contributed by atoms with E-state index in [-0.39, 0.29) is 17.9 Å². The van der Waals surface area contributed by atoms with Crippen molar-refractivity contribution in [3.63, 3.8) is 0 Å². The van der Waals surface area contributed by atoms with E-state index in [9.17, 15) is 9.59 Å². The van der Waals surface area contributed by atoms with E-state index in [1.54, 1.807) is 6.92 Å². The fraction of sp³-hybridized carbons (Fsp3) is 0.478. The molecule has 28 heavy (non-hydrogen) atoms. The lowest BCUT2D eigenvalue weighted by Crippen LogP contribution is -2.28. The van der Waals surface area contributed by atoms with Crippen molar-refractivity contribution in [1.82, 2.24) is 4.90 Å². The molecule has 0 amide bonds. The first-order chi connectivity index (χ1) is 13.6. The van der Waals surface area contributed by atoms with Gasteiger partial charge >= 0.3 is 11.9 Å². The molecule has 0 saturated heterocycles. The maximum Gasteiger partial charge on any atom is 0.330 e. The first-order valence-corrected chi connectivity index (χ1v) is 10.1. The summed E-state index contributed by atoms with van der Waals surface area (Å²) in [6.45, 7) is 6.19. The number of hydrogen-bond acceptors (Lipinski definition) is 5. The first-order valence-electron chi connectivity index (χ1n) is 10.1. The van der Waals surface area contributed by atoms with Gasteiger partial charge in [0.15, 0.2) is 0 Å². The normalized spacial score (nSPS) is 16.7. The van der Waals surface area contributed by atoms with Crippen molar-refractivity contribution in [2.45, 2.75) is 46.1 Å². The number of nitrogens with zero attached hydrogens (tertiary/aromatic N) is 1. The molecule has 0 N–H and O–H groups in total. The Balaban J connectivity index is 2.01. The maximum absolute atomic E-state index is 12.0. The van der Waals surface area contributed by atoms with E-state index in [2.05, 4.69) is 23.2 Å². The quantitative estimate of drug-likeness (QED) is 0.445. The molecule has 1 aliphatic rings. The molecular weight excluding hydrogens is 354 g/mol. The highest BCUT2D eigenvalue weighted by molar-refractivity contribution is 5.81. The SMILES string of the molecule is CCOC(=O)/C=C/CCC1=CN(Cc2ccccc2)CCC1CC(=O)OCC. The van der Waals surface area contributed by atoms with Gasteiger partial charge < -0.3 is 14.4 Å². The lowest BCUT2D eigenvalue weighted by Gasteiger charge is -2.32. The van der Waals surface area contributed by atoms with Crippen LogP contribution < -0.4 is 0 Å². The summed E-state index contributed by atoms with van der Waals surface area (Å²) < 4.78 is 10.1. The number of rotatable bonds is 10. The van der Waals surface area contributed by atoms with Gasteiger partial charge in [-0.2, -0.15) is 0 Å². The highest BCUT2D eigenvalue weighted by atomic mass is 16.5. The van der Waals surface area contributed by atoms with E-state index in [1.807, 2.05) is 31.2 Å². The van der Waals surface area contributed by atoms with Gasteiger partial charge in [0.05, 0.1) is 19.6 Å². The minimum absolute atomic E-state index is 0.142. The molecule has 1 aromatic carbocycles. The summed E-state index contributed by atoms with van der Waals surface area (Å²) in [5, 5.41) is 0. The van der Waals surface area contributed by atoms with Crippen LogP contribution in [0.5, 0.6) is 0 Å². The lowest BCUT2D eigenvalue weighted by molar-refractivity contribution is -0.144. The van der Waals surface area contributed by atoms with E-state index >= 15 is 0 Å². The molecule has 1 heterocycles. The van der Waals surface area contributed by atoms with E-state index in [1.165, 1.54) is 17.2 Å². The molecule has 0 fully saturated rings. The predicted molar refractivity (Wildman–Crippen MR) is 109 cm³/mol. The Labute approximate surface area is 168 Å². The van der Waals surface area contributed by atoms with Crippen molar-refractivity contribution in [3.8, 4) is 0 Å². The van der Waals surface area contributed by atoms with Gasteiger partial charge in [0.25, 0.3) is 0 Å². The number of allylic oxidation sites excluding steroid dienone is 2. The van der Waals surface area contributed by atoms with Crippen molar-refractivity contribution in [3.05, 3.63) is 59.8 Å². The molecule has 1 unspecified atom stereocenters. The van der Waals surface area contributed by atoms with Crippen molar-refractivity contribution in [2.24, 2.45) is 5.92 Å². The Bertz CT molecular complexity index is 681. The van der Waals surface area contributed by atoms with E-state index in [4.69, 9.17) is 9.47 Å². The second kappa shape index (κ2) is 12.0. The molecule has 0 saturated carbocycles. The van der Waals surface area contributed by atoms with Crippen molar-refractivity contribution >= 4 is 11.9 Å². The van der Waals surface area contributed by atoms with Gasteiger partial charge in [0, 0.05) is 19.2 Å². The fourth-order valence-electron chi connectivity index (χ4n) is 3.40. The van der Waals surface area contributed by atoms with Crippen LogP contribution in [0.25, 0.3) is 0 Å². The zero-order valence-electron chi connectivity index (χ0n) is 16.9. The monoisotopic (exact) mass is 385 g/mol. The van der Waals surface area contributed by atoms with Crippen LogP contribution in [0.4, 0.5) is 0 Å². The molecule has 0 aliphatic carbocycles. The third-order valence-corrected chi connectivity index (χ3v) is 4.72. The zero-order valence-corrected chi connectivity index (χ0v) is 16.9. The van der Waals surface area contributed by atoms with Crippen molar-refractivity contribution < 1.29 is 19.1 Å². The Kier molecular flexibility index (Phi) is 9.32. The van der Waals surface area contributed by atoms with Gasteiger partial charge in [0.1, 0.15) is 0 Å². The minimum Gasteiger partial charge on any atom is -0.466 e. The minimum atomic E-state index is -0.311. The van der Waals surface area contributed by atoms with Gasteiger partial charge in [0.2, 0.25) is 0 Å². The molecule has 5 nitrogen and oxygen atoms in total. The van der Waals surface area contributed by atoms with Crippen LogP contribution in [0.15, 0.2) is 54.3 Å². The smallest absolute Gasteiger partial charge is 0.330 e. The molecule has 152 valence electrons. The second-order valence-corrected chi connectivity index (χ2v) is 6.85. The Morgan fingerprint density at radius 2 is 1.89 bits per heavy atom. The largest absolute Gasteiger partial charge is 0.466 e.